The van der Waals surface area contributed by atoms with Gasteiger partial charge in [0.2, 0.25) is 0 Å². The first-order valence-electron chi connectivity index (χ1n) is 11.8. The van der Waals surface area contributed by atoms with Gasteiger partial charge in [0.25, 0.3) is 5.82 Å². The van der Waals surface area contributed by atoms with Crippen molar-refractivity contribution in [3.05, 3.63) is 71.6 Å². The number of hydrogen-bond donors (Lipinski definition) is 0. The summed E-state index contributed by atoms with van der Waals surface area (Å²) in [6.07, 6.45) is -5.28. The second kappa shape index (κ2) is 10.4. The largest absolute Gasteiger partial charge is 0.748 e. The molecule has 15 heteroatoms. The van der Waals surface area contributed by atoms with Crippen molar-refractivity contribution in [2.75, 3.05) is 29.1 Å². The number of benzene rings is 2. The number of allylic oxidation sites excluding steroid dienone is 2. The van der Waals surface area contributed by atoms with Crippen LogP contribution in [0.5, 0.6) is 0 Å². The Morgan fingerprint density at radius 2 is 1.73 bits per heavy atom. The van der Waals surface area contributed by atoms with Gasteiger partial charge in [-0.05, 0) is 42.8 Å². The highest BCUT2D eigenvalue weighted by molar-refractivity contribution is 7.85. The van der Waals surface area contributed by atoms with Crippen LogP contribution in [0.15, 0.2) is 54.4 Å². The first kappa shape index (κ1) is 29.4. The minimum atomic E-state index is -4.65. The third-order valence-electron chi connectivity index (χ3n) is 6.39. The number of aromatic nitrogens is 2. The monoisotopic (exact) mass is 592 g/mol. The maximum absolute atomic E-state index is 13.9. The highest BCUT2D eigenvalue weighted by atomic mass is 32.2. The summed E-state index contributed by atoms with van der Waals surface area (Å²) in [6, 6.07) is 6.49. The number of rotatable bonds is 7. The summed E-state index contributed by atoms with van der Waals surface area (Å²) < 4.78 is 130. The lowest BCUT2D eigenvalue weighted by Gasteiger charge is -2.23. The predicted octanol–water partition coefficient (Wildman–Crippen LogP) is 4.93. The zero-order chi connectivity index (χ0) is 29.6. The molecule has 40 heavy (non-hydrogen) atoms. The van der Waals surface area contributed by atoms with E-state index < -0.39 is 46.1 Å². The lowest BCUT2D eigenvalue weighted by Crippen LogP contribution is -2.32. The first-order chi connectivity index (χ1) is 18.5. The zero-order valence-corrected chi connectivity index (χ0v) is 21.9. The normalized spacial score (nSPS) is 15.7. The number of alkyl halides is 6. The van der Waals surface area contributed by atoms with Gasteiger partial charge in [0.1, 0.15) is 11.6 Å². The molecular formula is C25H23F7N4O3S. The second-order valence-electron chi connectivity index (χ2n) is 9.16. The zero-order valence-electron chi connectivity index (χ0n) is 21.1. The molecule has 0 saturated carbocycles. The van der Waals surface area contributed by atoms with Crippen LogP contribution in [0.1, 0.15) is 17.8 Å². The quantitative estimate of drug-likeness (QED) is 0.221. The number of anilines is 2. The van der Waals surface area contributed by atoms with E-state index in [2.05, 4.69) is 0 Å². The number of imidazole rings is 1. The summed E-state index contributed by atoms with van der Waals surface area (Å²) in [5.74, 6) is -1.10. The molecule has 0 bridgehead atoms. The first-order valence-corrected chi connectivity index (χ1v) is 13.3. The van der Waals surface area contributed by atoms with Crippen molar-refractivity contribution >= 4 is 38.6 Å². The Labute approximate surface area is 224 Å². The van der Waals surface area contributed by atoms with Crippen molar-refractivity contribution in [3.63, 3.8) is 0 Å². The fourth-order valence-corrected chi connectivity index (χ4v) is 5.14. The van der Waals surface area contributed by atoms with Crippen LogP contribution in [-0.4, -0.2) is 43.1 Å². The number of hydrogen-bond acceptors (Lipinski definition) is 5. The van der Waals surface area contributed by atoms with E-state index in [0.29, 0.717) is 17.0 Å². The summed E-state index contributed by atoms with van der Waals surface area (Å²) in [5, 5.41) is 0. The number of halogens is 7. The average Bonchev–Trinajstić information content (AvgIpc) is 3.22. The molecule has 2 aromatic carbocycles. The van der Waals surface area contributed by atoms with Crippen LogP contribution in [0.25, 0.3) is 17.1 Å². The minimum Gasteiger partial charge on any atom is -0.748 e. The van der Waals surface area contributed by atoms with E-state index in [-0.39, 0.29) is 30.0 Å². The molecule has 0 amide bonds. The average molecular weight is 593 g/mol. The fraction of sp³-hybridized carbons (Fsp3) is 0.320. The molecule has 0 radical (unpaired) electrons. The molecule has 1 aromatic heterocycles. The second-order valence-corrected chi connectivity index (χ2v) is 10.7. The third-order valence-corrected chi connectivity index (χ3v) is 7.18. The standard InChI is InChI=1S/C25H23F7N4O3S/c1-33-18-9-7-16(25(30,31)32)13-20(18)35(11-4-12-40(37,38)39)22(33)5-3-6-23-34(2)19-10-8-17(26)14-21(19)36(23)15-24(27,28)29/h3,5-10,13-14H,4,11-12,15H2,1-2H3. The van der Waals surface area contributed by atoms with Gasteiger partial charge in [-0.3, -0.25) is 0 Å². The van der Waals surface area contributed by atoms with Gasteiger partial charge in [0.05, 0.1) is 34.1 Å². The third kappa shape index (κ3) is 6.25. The highest BCUT2D eigenvalue weighted by Gasteiger charge is 2.36. The van der Waals surface area contributed by atoms with E-state index in [1.807, 2.05) is 0 Å². The summed E-state index contributed by atoms with van der Waals surface area (Å²) in [7, 11) is -1.52. The molecule has 0 saturated heterocycles. The van der Waals surface area contributed by atoms with Gasteiger partial charge in [-0.25, -0.2) is 21.9 Å². The van der Waals surface area contributed by atoms with Crippen molar-refractivity contribution in [2.24, 2.45) is 7.05 Å². The van der Waals surface area contributed by atoms with Crippen LogP contribution in [-0.2, 0) is 29.9 Å². The van der Waals surface area contributed by atoms with Crippen LogP contribution in [0.2, 0.25) is 0 Å². The molecule has 3 aromatic rings. The van der Waals surface area contributed by atoms with Crippen LogP contribution in [0.4, 0.5) is 42.1 Å². The molecule has 1 aliphatic rings. The van der Waals surface area contributed by atoms with E-state index in [1.54, 1.807) is 7.05 Å². The molecule has 4 rings (SSSR count). The Balaban J connectivity index is 1.77. The van der Waals surface area contributed by atoms with Gasteiger partial charge in [-0.1, -0.05) is 6.08 Å². The molecule has 1 aliphatic heterocycles. The van der Waals surface area contributed by atoms with Crippen molar-refractivity contribution in [3.8, 4) is 0 Å². The maximum Gasteiger partial charge on any atom is 0.426 e. The minimum absolute atomic E-state index is 0.0117. The van der Waals surface area contributed by atoms with Crippen LogP contribution in [0.3, 0.4) is 0 Å². The van der Waals surface area contributed by atoms with E-state index in [9.17, 15) is 43.7 Å². The van der Waals surface area contributed by atoms with Gasteiger partial charge in [-0.15, -0.1) is 0 Å². The van der Waals surface area contributed by atoms with Gasteiger partial charge in [0, 0.05) is 31.5 Å². The Morgan fingerprint density at radius 3 is 2.35 bits per heavy atom. The Morgan fingerprint density at radius 1 is 1.02 bits per heavy atom. The molecule has 0 spiro atoms. The van der Waals surface area contributed by atoms with E-state index in [1.165, 1.54) is 51.8 Å². The van der Waals surface area contributed by atoms with Crippen molar-refractivity contribution in [1.82, 2.24) is 4.57 Å². The van der Waals surface area contributed by atoms with Crippen LogP contribution in [0, 0.1) is 5.82 Å². The van der Waals surface area contributed by atoms with Gasteiger partial charge in [0.15, 0.2) is 17.6 Å². The van der Waals surface area contributed by atoms with Crippen LogP contribution < -0.4 is 14.4 Å². The highest BCUT2D eigenvalue weighted by Crippen LogP contribution is 2.44. The molecule has 0 unspecified atom stereocenters. The van der Waals surface area contributed by atoms with E-state index >= 15 is 0 Å². The van der Waals surface area contributed by atoms with Gasteiger partial charge in [-0.2, -0.15) is 26.3 Å². The Kier molecular flexibility index (Phi) is 7.66. The van der Waals surface area contributed by atoms with E-state index in [4.69, 9.17) is 0 Å². The molecule has 0 fully saturated rings. The lowest BCUT2D eigenvalue weighted by atomic mass is 10.1. The molecule has 0 atom stereocenters. The van der Waals surface area contributed by atoms with Crippen molar-refractivity contribution in [1.29, 1.82) is 0 Å². The Bertz CT molecular complexity index is 1610. The van der Waals surface area contributed by atoms with Crippen LogP contribution >= 0.6 is 0 Å². The molecule has 216 valence electrons. The van der Waals surface area contributed by atoms with E-state index in [0.717, 1.165) is 28.8 Å². The molecule has 0 N–H and O–H groups in total. The summed E-state index contributed by atoms with van der Waals surface area (Å²) in [4.78, 5) is 2.94. The van der Waals surface area contributed by atoms with Crippen molar-refractivity contribution in [2.45, 2.75) is 25.3 Å². The van der Waals surface area contributed by atoms with Gasteiger partial charge < -0.3 is 14.4 Å². The summed E-state index contributed by atoms with van der Waals surface area (Å²) in [6.45, 7) is -1.52. The maximum atomic E-state index is 13.9. The molecule has 0 aliphatic carbocycles. The SMILES string of the molecule is CN1/C(=C\C=C\c2n(CC(F)(F)F)c3cc(F)ccc3[n+]2C)N(CCCS(=O)(=O)[O-])c2cc(C(F)(F)F)ccc21. The van der Waals surface area contributed by atoms with Crippen molar-refractivity contribution < 1.29 is 48.3 Å². The molecular weight excluding hydrogens is 569 g/mol. The fourth-order valence-electron chi connectivity index (χ4n) is 4.66. The Hall–Kier alpha value is -3.59. The predicted molar refractivity (Wildman–Crippen MR) is 133 cm³/mol. The van der Waals surface area contributed by atoms with Gasteiger partial charge >= 0.3 is 12.4 Å². The summed E-state index contributed by atoms with van der Waals surface area (Å²) in [5.41, 5.74) is -0.104. The molecule has 7 nitrogen and oxygen atoms in total. The summed E-state index contributed by atoms with van der Waals surface area (Å²) >= 11 is 0. The smallest absolute Gasteiger partial charge is 0.426 e. The topological polar surface area (TPSA) is 72.5 Å². The number of nitrogens with zero attached hydrogens (tertiary/aromatic N) is 4. The lowest BCUT2D eigenvalue weighted by molar-refractivity contribution is -0.647. The number of fused-ring (bicyclic) bond motifs is 2. The number of aryl methyl sites for hydroxylation is 1. The molecule has 2 heterocycles.